The van der Waals surface area contributed by atoms with Crippen molar-refractivity contribution in [2.45, 2.75) is 33.6 Å². The number of rotatable bonds is 7. The number of aryl methyl sites for hydroxylation is 1. The van der Waals surface area contributed by atoms with E-state index in [9.17, 15) is 4.79 Å². The number of amides is 1. The Hall–Kier alpha value is -2.36. The molecule has 23 heavy (non-hydrogen) atoms. The minimum absolute atomic E-state index is 0.176. The normalized spacial score (nSPS) is 10.4. The smallest absolute Gasteiger partial charge is 0.274 e. The number of carbonyl (C=O) groups excluding carboxylic acids is 1. The molecule has 4 heteroatoms. The number of anilines is 2. The maximum absolute atomic E-state index is 12.4. The van der Waals surface area contributed by atoms with E-state index in [0.717, 1.165) is 42.9 Å². The standard InChI is InChI=1S/C19H25N3O/c1-4-11-22(12-5-2)17-9-10-20-18(14-17)19(23)21-16-8-6-7-15(3)13-16/h6-10,13-14H,4-5,11-12H2,1-3H3,(H,21,23). The van der Waals surface area contributed by atoms with Crippen molar-refractivity contribution in [2.24, 2.45) is 0 Å². The van der Waals surface area contributed by atoms with Crippen LogP contribution >= 0.6 is 0 Å². The number of nitrogens with one attached hydrogen (secondary N) is 1. The molecular formula is C19H25N3O. The average molecular weight is 311 g/mol. The topological polar surface area (TPSA) is 45.2 Å². The molecule has 0 radical (unpaired) electrons. The Balaban J connectivity index is 2.16. The lowest BCUT2D eigenvalue weighted by molar-refractivity contribution is 0.102. The van der Waals surface area contributed by atoms with Gasteiger partial charge in [-0.15, -0.1) is 0 Å². The van der Waals surface area contributed by atoms with E-state index in [1.807, 2.05) is 43.3 Å². The van der Waals surface area contributed by atoms with Crippen molar-refractivity contribution < 1.29 is 4.79 Å². The van der Waals surface area contributed by atoms with Gasteiger partial charge < -0.3 is 10.2 Å². The molecular weight excluding hydrogens is 286 g/mol. The summed E-state index contributed by atoms with van der Waals surface area (Å²) >= 11 is 0. The zero-order valence-electron chi connectivity index (χ0n) is 14.2. The van der Waals surface area contributed by atoms with E-state index in [-0.39, 0.29) is 5.91 Å². The summed E-state index contributed by atoms with van der Waals surface area (Å²) in [6, 6.07) is 11.6. The highest BCUT2D eigenvalue weighted by Gasteiger charge is 2.11. The lowest BCUT2D eigenvalue weighted by Gasteiger charge is -2.23. The van der Waals surface area contributed by atoms with Crippen molar-refractivity contribution in [1.82, 2.24) is 4.98 Å². The molecule has 122 valence electrons. The van der Waals surface area contributed by atoms with Gasteiger partial charge in [-0.2, -0.15) is 0 Å². The van der Waals surface area contributed by atoms with E-state index in [1.165, 1.54) is 0 Å². The number of aromatic nitrogens is 1. The van der Waals surface area contributed by atoms with Crippen LogP contribution in [0.15, 0.2) is 42.6 Å². The molecule has 2 aromatic rings. The Morgan fingerprint density at radius 3 is 2.52 bits per heavy atom. The van der Waals surface area contributed by atoms with Crippen LogP contribution in [0.3, 0.4) is 0 Å². The van der Waals surface area contributed by atoms with Crippen LogP contribution in [0.5, 0.6) is 0 Å². The van der Waals surface area contributed by atoms with Crippen LogP contribution in [0, 0.1) is 6.92 Å². The van der Waals surface area contributed by atoms with Crippen LogP contribution in [0.1, 0.15) is 42.7 Å². The molecule has 0 unspecified atom stereocenters. The van der Waals surface area contributed by atoms with Crippen LogP contribution < -0.4 is 10.2 Å². The molecule has 2 rings (SSSR count). The molecule has 0 saturated heterocycles. The molecule has 4 nitrogen and oxygen atoms in total. The second-order valence-electron chi connectivity index (χ2n) is 5.71. The van der Waals surface area contributed by atoms with Gasteiger partial charge in [-0.3, -0.25) is 9.78 Å². The minimum atomic E-state index is -0.176. The second kappa shape index (κ2) is 8.32. The predicted molar refractivity (Wildman–Crippen MR) is 96.2 cm³/mol. The highest BCUT2D eigenvalue weighted by Crippen LogP contribution is 2.17. The van der Waals surface area contributed by atoms with Gasteiger partial charge in [0.15, 0.2) is 0 Å². The van der Waals surface area contributed by atoms with Crippen LogP contribution in [0.2, 0.25) is 0 Å². The van der Waals surface area contributed by atoms with Crippen LogP contribution in [0.4, 0.5) is 11.4 Å². The quantitative estimate of drug-likeness (QED) is 0.830. The molecule has 1 N–H and O–H groups in total. The van der Waals surface area contributed by atoms with Gasteiger partial charge in [0, 0.05) is 30.7 Å². The molecule has 1 aromatic carbocycles. The lowest BCUT2D eigenvalue weighted by atomic mass is 10.2. The van der Waals surface area contributed by atoms with Gasteiger partial charge in [0.05, 0.1) is 0 Å². The Morgan fingerprint density at radius 1 is 1.13 bits per heavy atom. The number of nitrogens with zero attached hydrogens (tertiary/aromatic N) is 2. The Kier molecular flexibility index (Phi) is 6.15. The minimum Gasteiger partial charge on any atom is -0.371 e. The number of carbonyl (C=O) groups is 1. The fraction of sp³-hybridized carbons (Fsp3) is 0.368. The Bertz CT molecular complexity index is 649. The van der Waals surface area contributed by atoms with Crippen molar-refractivity contribution in [3.05, 3.63) is 53.9 Å². The SMILES string of the molecule is CCCN(CCC)c1ccnc(C(=O)Nc2cccc(C)c2)c1. The lowest BCUT2D eigenvalue weighted by Crippen LogP contribution is -2.25. The Morgan fingerprint density at radius 2 is 1.87 bits per heavy atom. The zero-order chi connectivity index (χ0) is 16.7. The van der Waals surface area contributed by atoms with Crippen molar-refractivity contribution >= 4 is 17.3 Å². The fourth-order valence-corrected chi connectivity index (χ4v) is 2.57. The molecule has 0 bridgehead atoms. The number of benzene rings is 1. The van der Waals surface area contributed by atoms with Crippen LogP contribution in [-0.2, 0) is 0 Å². The first-order valence-corrected chi connectivity index (χ1v) is 8.23. The zero-order valence-corrected chi connectivity index (χ0v) is 14.2. The molecule has 0 fully saturated rings. The van der Waals surface area contributed by atoms with E-state index in [0.29, 0.717) is 5.69 Å². The van der Waals surface area contributed by atoms with Gasteiger partial charge >= 0.3 is 0 Å². The van der Waals surface area contributed by atoms with Gasteiger partial charge in [0.2, 0.25) is 0 Å². The van der Waals surface area contributed by atoms with Gasteiger partial charge in [0.1, 0.15) is 5.69 Å². The summed E-state index contributed by atoms with van der Waals surface area (Å²) in [4.78, 5) is 18.9. The molecule has 1 heterocycles. The average Bonchev–Trinajstić information content (AvgIpc) is 2.55. The molecule has 0 saturated carbocycles. The fourth-order valence-electron chi connectivity index (χ4n) is 2.57. The summed E-state index contributed by atoms with van der Waals surface area (Å²) < 4.78 is 0. The second-order valence-corrected chi connectivity index (χ2v) is 5.71. The summed E-state index contributed by atoms with van der Waals surface area (Å²) in [5, 5.41) is 2.91. The highest BCUT2D eigenvalue weighted by atomic mass is 16.1. The molecule has 0 atom stereocenters. The molecule has 0 aliphatic carbocycles. The van der Waals surface area contributed by atoms with E-state index < -0.39 is 0 Å². The first kappa shape index (κ1) is 17.0. The summed E-state index contributed by atoms with van der Waals surface area (Å²) in [6.45, 7) is 8.29. The summed E-state index contributed by atoms with van der Waals surface area (Å²) in [6.07, 6.45) is 3.86. The maximum Gasteiger partial charge on any atom is 0.274 e. The van der Waals surface area contributed by atoms with E-state index in [1.54, 1.807) is 6.20 Å². The third-order valence-electron chi connectivity index (χ3n) is 3.60. The summed E-state index contributed by atoms with van der Waals surface area (Å²) in [7, 11) is 0. The summed E-state index contributed by atoms with van der Waals surface area (Å²) in [5.74, 6) is -0.176. The maximum atomic E-state index is 12.4. The van der Waals surface area contributed by atoms with Crippen molar-refractivity contribution in [1.29, 1.82) is 0 Å². The number of hydrogen-bond acceptors (Lipinski definition) is 3. The van der Waals surface area contributed by atoms with E-state index >= 15 is 0 Å². The molecule has 1 amide bonds. The van der Waals surface area contributed by atoms with Gasteiger partial charge in [-0.1, -0.05) is 26.0 Å². The number of pyridine rings is 1. The van der Waals surface area contributed by atoms with Gasteiger partial charge in [-0.05, 0) is 49.6 Å². The third-order valence-corrected chi connectivity index (χ3v) is 3.60. The predicted octanol–water partition coefficient (Wildman–Crippen LogP) is 4.27. The van der Waals surface area contributed by atoms with Gasteiger partial charge in [-0.25, -0.2) is 0 Å². The van der Waals surface area contributed by atoms with Crippen molar-refractivity contribution in [3.8, 4) is 0 Å². The van der Waals surface area contributed by atoms with Crippen molar-refractivity contribution in [3.63, 3.8) is 0 Å². The van der Waals surface area contributed by atoms with Crippen LogP contribution in [0.25, 0.3) is 0 Å². The first-order chi connectivity index (χ1) is 11.1. The van der Waals surface area contributed by atoms with Crippen LogP contribution in [-0.4, -0.2) is 24.0 Å². The molecule has 1 aromatic heterocycles. The summed E-state index contributed by atoms with van der Waals surface area (Å²) in [5.41, 5.74) is 3.40. The highest BCUT2D eigenvalue weighted by molar-refractivity contribution is 6.03. The molecule has 0 aliphatic heterocycles. The third kappa shape index (κ3) is 4.81. The number of hydrogen-bond donors (Lipinski definition) is 1. The Labute approximate surface area is 138 Å². The first-order valence-electron chi connectivity index (χ1n) is 8.23. The van der Waals surface area contributed by atoms with Crippen molar-refractivity contribution in [2.75, 3.05) is 23.3 Å². The largest absolute Gasteiger partial charge is 0.371 e. The van der Waals surface area contributed by atoms with E-state index in [2.05, 4.69) is 29.0 Å². The van der Waals surface area contributed by atoms with Gasteiger partial charge in [0.25, 0.3) is 5.91 Å². The molecule has 0 aliphatic rings. The molecule has 0 spiro atoms. The monoisotopic (exact) mass is 311 g/mol. The van der Waals surface area contributed by atoms with E-state index in [4.69, 9.17) is 0 Å².